The maximum atomic E-state index is 5.63. The minimum Gasteiger partial charge on any atom is -0.493 e. The number of thiazole rings is 1. The van der Waals surface area contributed by atoms with Gasteiger partial charge in [0.25, 0.3) is 0 Å². The Labute approximate surface area is 138 Å². The van der Waals surface area contributed by atoms with E-state index in [-0.39, 0.29) is 0 Å². The van der Waals surface area contributed by atoms with E-state index in [1.54, 1.807) is 18.4 Å². The Hall–Kier alpha value is -2.34. The zero-order chi connectivity index (χ0) is 16.4. The summed E-state index contributed by atoms with van der Waals surface area (Å²) in [6, 6.07) is 5.82. The highest BCUT2D eigenvalue weighted by atomic mass is 32.1. The van der Waals surface area contributed by atoms with Gasteiger partial charge < -0.3 is 13.9 Å². The third kappa shape index (κ3) is 3.07. The van der Waals surface area contributed by atoms with Crippen molar-refractivity contribution >= 4 is 11.3 Å². The topological polar surface area (TPSA) is 57.4 Å². The first kappa shape index (κ1) is 15.6. The maximum absolute atomic E-state index is 5.63. The molecule has 0 saturated carbocycles. The number of aryl methyl sites for hydroxylation is 2. The molecule has 0 aliphatic heterocycles. The van der Waals surface area contributed by atoms with Gasteiger partial charge in [0.05, 0.1) is 19.4 Å². The summed E-state index contributed by atoms with van der Waals surface area (Å²) in [7, 11) is 1.63. The van der Waals surface area contributed by atoms with E-state index in [1.807, 2.05) is 44.4 Å². The van der Waals surface area contributed by atoms with Crippen molar-refractivity contribution in [2.24, 2.45) is 0 Å². The molecule has 0 bridgehead atoms. The van der Waals surface area contributed by atoms with Crippen molar-refractivity contribution in [1.29, 1.82) is 0 Å². The molecule has 0 radical (unpaired) electrons. The standard InChI is InChI=1S/C17H18N2O3S/c1-5-21-14-7-6-12(8-15(14)20-4)17-19-13(9-23-17)16-10(2)18-11(3)22-16/h6-9H,5H2,1-4H3. The molecule has 0 unspecified atom stereocenters. The lowest BCUT2D eigenvalue weighted by molar-refractivity contribution is 0.311. The van der Waals surface area contributed by atoms with Crippen LogP contribution in [0.4, 0.5) is 0 Å². The smallest absolute Gasteiger partial charge is 0.192 e. The Bertz CT molecular complexity index is 823. The Morgan fingerprint density at radius 2 is 2.00 bits per heavy atom. The van der Waals surface area contributed by atoms with Gasteiger partial charge in [0.15, 0.2) is 23.1 Å². The van der Waals surface area contributed by atoms with Crippen molar-refractivity contribution < 1.29 is 13.9 Å². The van der Waals surface area contributed by atoms with Crippen molar-refractivity contribution in [1.82, 2.24) is 9.97 Å². The van der Waals surface area contributed by atoms with Gasteiger partial charge in [-0.15, -0.1) is 11.3 Å². The number of benzene rings is 1. The van der Waals surface area contributed by atoms with Crippen LogP contribution >= 0.6 is 11.3 Å². The van der Waals surface area contributed by atoms with Crippen molar-refractivity contribution in [3.05, 3.63) is 35.2 Å². The summed E-state index contributed by atoms with van der Waals surface area (Å²) in [4.78, 5) is 8.95. The molecule has 0 N–H and O–H groups in total. The number of aromatic nitrogens is 2. The van der Waals surface area contributed by atoms with E-state index in [0.29, 0.717) is 18.2 Å². The SMILES string of the molecule is CCOc1ccc(-c2nc(-c3oc(C)nc3C)cs2)cc1OC. The molecule has 3 aromatic rings. The minimum absolute atomic E-state index is 0.598. The number of hydrogen-bond acceptors (Lipinski definition) is 6. The third-order valence-electron chi connectivity index (χ3n) is 3.35. The molecule has 2 aromatic heterocycles. The fourth-order valence-electron chi connectivity index (χ4n) is 2.35. The largest absolute Gasteiger partial charge is 0.493 e. The van der Waals surface area contributed by atoms with E-state index in [1.165, 1.54) is 0 Å². The Morgan fingerprint density at radius 3 is 2.65 bits per heavy atom. The number of methoxy groups -OCH3 is 1. The fraction of sp³-hybridized carbons (Fsp3) is 0.294. The molecule has 6 heteroatoms. The van der Waals surface area contributed by atoms with E-state index in [4.69, 9.17) is 13.9 Å². The van der Waals surface area contributed by atoms with Crippen molar-refractivity contribution in [3.63, 3.8) is 0 Å². The van der Waals surface area contributed by atoms with Crippen molar-refractivity contribution in [2.75, 3.05) is 13.7 Å². The first-order valence-electron chi connectivity index (χ1n) is 7.33. The molecular formula is C17H18N2O3S. The summed E-state index contributed by atoms with van der Waals surface area (Å²) < 4.78 is 16.6. The predicted molar refractivity (Wildman–Crippen MR) is 90.2 cm³/mol. The van der Waals surface area contributed by atoms with Gasteiger partial charge >= 0.3 is 0 Å². The summed E-state index contributed by atoms with van der Waals surface area (Å²) in [5.41, 5.74) is 2.63. The van der Waals surface area contributed by atoms with Gasteiger partial charge in [-0.25, -0.2) is 9.97 Å². The molecule has 0 atom stereocenters. The third-order valence-corrected chi connectivity index (χ3v) is 4.24. The fourth-order valence-corrected chi connectivity index (χ4v) is 3.15. The number of rotatable bonds is 5. The molecule has 1 aromatic carbocycles. The van der Waals surface area contributed by atoms with Crippen LogP contribution in [0.15, 0.2) is 28.0 Å². The normalized spacial score (nSPS) is 10.8. The second-order valence-electron chi connectivity index (χ2n) is 4.98. The van der Waals surface area contributed by atoms with Gasteiger partial charge in [-0.3, -0.25) is 0 Å². The Kier molecular flexibility index (Phi) is 4.34. The molecular weight excluding hydrogens is 312 g/mol. The van der Waals surface area contributed by atoms with Crippen molar-refractivity contribution in [3.8, 4) is 33.5 Å². The van der Waals surface area contributed by atoms with Gasteiger partial charge in [-0.05, 0) is 32.0 Å². The average molecular weight is 330 g/mol. The van der Waals surface area contributed by atoms with Crippen LogP contribution in [0.5, 0.6) is 11.5 Å². The Morgan fingerprint density at radius 1 is 1.17 bits per heavy atom. The van der Waals surface area contributed by atoms with E-state index >= 15 is 0 Å². The Balaban J connectivity index is 1.95. The van der Waals surface area contributed by atoms with Gasteiger partial charge in [-0.2, -0.15) is 0 Å². The van der Waals surface area contributed by atoms with Gasteiger partial charge in [0, 0.05) is 17.9 Å². The van der Waals surface area contributed by atoms with Gasteiger partial charge in [0.2, 0.25) is 0 Å². The van der Waals surface area contributed by atoms with Gasteiger partial charge in [0.1, 0.15) is 10.7 Å². The van der Waals surface area contributed by atoms with Crippen LogP contribution in [0.3, 0.4) is 0 Å². The second-order valence-corrected chi connectivity index (χ2v) is 5.84. The number of hydrogen-bond donors (Lipinski definition) is 0. The first-order valence-corrected chi connectivity index (χ1v) is 8.21. The lowest BCUT2D eigenvalue weighted by atomic mass is 10.2. The molecule has 5 nitrogen and oxygen atoms in total. The molecule has 120 valence electrons. The highest BCUT2D eigenvalue weighted by molar-refractivity contribution is 7.13. The average Bonchev–Trinajstić information content (AvgIpc) is 3.14. The summed E-state index contributed by atoms with van der Waals surface area (Å²) >= 11 is 1.56. The zero-order valence-electron chi connectivity index (χ0n) is 13.5. The van der Waals surface area contributed by atoms with E-state index in [2.05, 4.69) is 9.97 Å². The van der Waals surface area contributed by atoms with Crippen molar-refractivity contribution in [2.45, 2.75) is 20.8 Å². The molecule has 0 aliphatic rings. The minimum atomic E-state index is 0.598. The quantitative estimate of drug-likeness (QED) is 0.690. The van der Waals surface area contributed by atoms with E-state index in [0.717, 1.165) is 33.5 Å². The van der Waals surface area contributed by atoms with Crippen LogP contribution < -0.4 is 9.47 Å². The summed E-state index contributed by atoms with van der Waals surface area (Å²) in [6.45, 7) is 6.30. The lowest BCUT2D eigenvalue weighted by Crippen LogP contribution is -1.95. The molecule has 0 saturated heterocycles. The van der Waals surface area contributed by atoms with Crippen LogP contribution in [0.2, 0.25) is 0 Å². The van der Waals surface area contributed by atoms with Crippen LogP contribution in [-0.2, 0) is 0 Å². The number of nitrogens with zero attached hydrogens (tertiary/aromatic N) is 2. The molecule has 23 heavy (non-hydrogen) atoms. The summed E-state index contributed by atoms with van der Waals surface area (Å²) in [5.74, 6) is 2.81. The highest BCUT2D eigenvalue weighted by Gasteiger charge is 2.15. The van der Waals surface area contributed by atoms with Crippen LogP contribution in [-0.4, -0.2) is 23.7 Å². The van der Waals surface area contributed by atoms with E-state index in [9.17, 15) is 0 Å². The predicted octanol–water partition coefficient (Wildman–Crippen LogP) is 4.49. The second kappa shape index (κ2) is 6.42. The molecule has 0 aliphatic carbocycles. The molecule has 0 amide bonds. The first-order chi connectivity index (χ1) is 11.1. The van der Waals surface area contributed by atoms with Crippen LogP contribution in [0, 0.1) is 13.8 Å². The van der Waals surface area contributed by atoms with Gasteiger partial charge in [-0.1, -0.05) is 0 Å². The molecule has 0 spiro atoms. The monoisotopic (exact) mass is 330 g/mol. The maximum Gasteiger partial charge on any atom is 0.192 e. The van der Waals surface area contributed by atoms with E-state index < -0.39 is 0 Å². The number of oxazole rings is 1. The lowest BCUT2D eigenvalue weighted by Gasteiger charge is -2.09. The highest BCUT2D eigenvalue weighted by Crippen LogP contribution is 2.35. The van der Waals surface area contributed by atoms with Crippen LogP contribution in [0.1, 0.15) is 18.5 Å². The number of ether oxygens (including phenoxy) is 2. The zero-order valence-corrected chi connectivity index (χ0v) is 14.4. The summed E-state index contributed by atoms with van der Waals surface area (Å²) in [5, 5.41) is 2.88. The molecule has 3 rings (SSSR count). The molecule has 2 heterocycles. The summed E-state index contributed by atoms with van der Waals surface area (Å²) in [6.07, 6.45) is 0. The molecule has 0 fully saturated rings. The van der Waals surface area contributed by atoms with Crippen LogP contribution in [0.25, 0.3) is 22.0 Å².